The molecular formula is C18H34N4O2. The Morgan fingerprint density at radius 1 is 1.00 bits per heavy atom. The first-order valence-corrected chi connectivity index (χ1v) is 9.95. The first-order chi connectivity index (χ1) is 11.7. The van der Waals surface area contributed by atoms with E-state index in [0.29, 0.717) is 42.2 Å². The van der Waals surface area contributed by atoms with Crippen LogP contribution in [0, 0.1) is 11.8 Å². The van der Waals surface area contributed by atoms with Crippen molar-refractivity contribution in [2.75, 3.05) is 26.3 Å². The SMILES string of the molecule is C[C@@H]1C[C@H](C)OCCCOC2CCC3NNC(C4CNN1C4)C3C2. The lowest BCUT2D eigenvalue weighted by Crippen LogP contribution is -2.43. The highest BCUT2D eigenvalue weighted by atomic mass is 16.5. The van der Waals surface area contributed by atoms with Crippen molar-refractivity contribution >= 4 is 0 Å². The van der Waals surface area contributed by atoms with Gasteiger partial charge in [-0.05, 0) is 51.9 Å². The summed E-state index contributed by atoms with van der Waals surface area (Å²) in [5.41, 5.74) is 10.9. The van der Waals surface area contributed by atoms with Gasteiger partial charge in [-0.15, -0.1) is 0 Å². The number of hydrogen-bond donors (Lipinski definition) is 3. The first-order valence-electron chi connectivity index (χ1n) is 9.95. The van der Waals surface area contributed by atoms with Crippen molar-refractivity contribution < 1.29 is 9.47 Å². The summed E-state index contributed by atoms with van der Waals surface area (Å²) in [5.74, 6) is 1.36. The van der Waals surface area contributed by atoms with E-state index < -0.39 is 0 Å². The molecular weight excluding hydrogens is 304 g/mol. The van der Waals surface area contributed by atoms with E-state index in [1.807, 2.05) is 0 Å². The molecule has 1 aliphatic carbocycles. The van der Waals surface area contributed by atoms with Gasteiger partial charge in [0.2, 0.25) is 0 Å². The van der Waals surface area contributed by atoms with E-state index in [-0.39, 0.29) is 0 Å². The molecule has 6 heteroatoms. The van der Waals surface area contributed by atoms with Crippen LogP contribution in [0.25, 0.3) is 0 Å². The molecule has 6 unspecified atom stereocenters. The predicted octanol–water partition coefficient (Wildman–Crippen LogP) is 1.04. The largest absolute Gasteiger partial charge is 0.378 e. The smallest absolute Gasteiger partial charge is 0.0579 e. The molecule has 6 nitrogen and oxygen atoms in total. The van der Waals surface area contributed by atoms with Crippen LogP contribution in [0.15, 0.2) is 0 Å². The van der Waals surface area contributed by atoms with Crippen molar-refractivity contribution in [3.05, 3.63) is 0 Å². The molecule has 4 bridgehead atoms. The Morgan fingerprint density at radius 3 is 2.79 bits per heavy atom. The maximum Gasteiger partial charge on any atom is 0.0579 e. The lowest BCUT2D eigenvalue weighted by molar-refractivity contribution is -0.0141. The number of rotatable bonds is 0. The highest BCUT2D eigenvalue weighted by molar-refractivity contribution is 5.00. The summed E-state index contributed by atoms with van der Waals surface area (Å²) in [4.78, 5) is 0. The standard InChI is InChI=1S/C18H34N4O2/c1-12-8-13(2)23-6-3-7-24-15-4-5-17-16(9-15)18(21-20-17)14-10-19-22(12)11-14/h12-21H,3-11H2,1-2H3/t12-,13+,14?,15?,16?,17?,18?/m1/s1. The lowest BCUT2D eigenvalue weighted by Gasteiger charge is -2.34. The average molecular weight is 338 g/mol. The summed E-state index contributed by atoms with van der Waals surface area (Å²) in [6, 6.07) is 1.70. The molecule has 3 aliphatic heterocycles. The molecule has 0 aromatic heterocycles. The summed E-state index contributed by atoms with van der Waals surface area (Å²) in [6.07, 6.45) is 6.43. The molecule has 8 atom stereocenters. The van der Waals surface area contributed by atoms with Gasteiger partial charge in [-0.2, -0.15) is 0 Å². The van der Waals surface area contributed by atoms with Crippen LogP contribution < -0.4 is 16.3 Å². The van der Waals surface area contributed by atoms with Crippen molar-refractivity contribution in [1.29, 1.82) is 0 Å². The lowest BCUT2D eigenvalue weighted by atomic mass is 9.76. The molecule has 3 heterocycles. The number of hydrogen-bond acceptors (Lipinski definition) is 6. The van der Waals surface area contributed by atoms with E-state index in [2.05, 4.69) is 35.1 Å². The molecule has 0 aromatic carbocycles. The number of hydrazine groups is 2. The van der Waals surface area contributed by atoms with Crippen LogP contribution in [-0.4, -0.2) is 61.6 Å². The van der Waals surface area contributed by atoms with E-state index in [4.69, 9.17) is 9.47 Å². The summed E-state index contributed by atoms with van der Waals surface area (Å²) < 4.78 is 12.2. The first kappa shape index (κ1) is 17.2. The molecule has 1 saturated carbocycles. The zero-order valence-corrected chi connectivity index (χ0v) is 15.2. The minimum Gasteiger partial charge on any atom is -0.378 e. The van der Waals surface area contributed by atoms with Gasteiger partial charge < -0.3 is 9.47 Å². The molecule has 0 aromatic rings. The van der Waals surface area contributed by atoms with Crippen molar-refractivity contribution in [1.82, 2.24) is 21.3 Å². The van der Waals surface area contributed by atoms with Crippen molar-refractivity contribution in [2.24, 2.45) is 11.8 Å². The van der Waals surface area contributed by atoms with E-state index in [1.165, 1.54) is 19.3 Å². The van der Waals surface area contributed by atoms with Gasteiger partial charge in [0.1, 0.15) is 0 Å². The second kappa shape index (κ2) is 7.56. The fourth-order valence-electron chi connectivity index (χ4n) is 5.13. The Morgan fingerprint density at radius 2 is 1.88 bits per heavy atom. The molecule has 0 radical (unpaired) electrons. The third-order valence-corrected chi connectivity index (χ3v) is 6.49. The van der Waals surface area contributed by atoms with Crippen molar-refractivity contribution in [3.8, 4) is 0 Å². The Hall–Kier alpha value is -0.240. The van der Waals surface area contributed by atoms with E-state index >= 15 is 0 Å². The van der Waals surface area contributed by atoms with Crippen LogP contribution in [0.3, 0.4) is 0 Å². The van der Waals surface area contributed by atoms with E-state index in [0.717, 1.165) is 39.1 Å². The van der Waals surface area contributed by atoms with Gasteiger partial charge in [0.15, 0.2) is 0 Å². The quantitative estimate of drug-likeness (QED) is 0.614. The summed E-state index contributed by atoms with van der Waals surface area (Å²) in [7, 11) is 0. The molecule has 0 amide bonds. The maximum atomic E-state index is 6.19. The normalized spacial score (nSPS) is 50.2. The van der Waals surface area contributed by atoms with Gasteiger partial charge in [-0.3, -0.25) is 16.3 Å². The van der Waals surface area contributed by atoms with Crippen LogP contribution in [0.2, 0.25) is 0 Å². The van der Waals surface area contributed by atoms with Gasteiger partial charge in [0.05, 0.1) is 12.2 Å². The number of fused-ring (bicyclic) bond motifs is 4. The minimum atomic E-state index is 0.306. The van der Waals surface area contributed by atoms with E-state index in [1.54, 1.807) is 0 Å². The molecule has 0 spiro atoms. The zero-order valence-electron chi connectivity index (χ0n) is 15.2. The fraction of sp³-hybridized carbons (Fsp3) is 1.00. The Labute approximate surface area is 145 Å². The highest BCUT2D eigenvalue weighted by Gasteiger charge is 2.45. The van der Waals surface area contributed by atoms with Crippen LogP contribution in [0.4, 0.5) is 0 Å². The van der Waals surface area contributed by atoms with Crippen LogP contribution in [0.1, 0.15) is 46.0 Å². The van der Waals surface area contributed by atoms with Crippen molar-refractivity contribution in [3.63, 3.8) is 0 Å². The summed E-state index contributed by atoms with van der Waals surface area (Å²) in [5, 5.41) is 2.44. The minimum absolute atomic E-state index is 0.306. The fourth-order valence-corrected chi connectivity index (χ4v) is 5.13. The van der Waals surface area contributed by atoms with Crippen LogP contribution >= 0.6 is 0 Å². The Balaban J connectivity index is 1.46. The van der Waals surface area contributed by atoms with Crippen LogP contribution in [0.5, 0.6) is 0 Å². The average Bonchev–Trinajstić information content (AvgIpc) is 3.19. The highest BCUT2D eigenvalue weighted by Crippen LogP contribution is 2.36. The van der Waals surface area contributed by atoms with Gasteiger partial charge in [-0.25, -0.2) is 5.01 Å². The number of ether oxygens (including phenoxy) is 2. The Kier molecular flexibility index (Phi) is 5.41. The third-order valence-electron chi connectivity index (χ3n) is 6.49. The number of nitrogens with zero attached hydrogens (tertiary/aromatic N) is 1. The molecule has 138 valence electrons. The topological polar surface area (TPSA) is 57.8 Å². The molecule has 4 rings (SSSR count). The Bertz CT molecular complexity index is 424. The van der Waals surface area contributed by atoms with Crippen LogP contribution in [-0.2, 0) is 9.47 Å². The van der Waals surface area contributed by atoms with Crippen molar-refractivity contribution in [2.45, 2.75) is 76.3 Å². The molecule has 24 heavy (non-hydrogen) atoms. The third kappa shape index (κ3) is 3.64. The maximum absolute atomic E-state index is 6.19. The molecule has 3 N–H and O–H groups in total. The van der Waals surface area contributed by atoms with Gasteiger partial charge >= 0.3 is 0 Å². The second-order valence-corrected chi connectivity index (χ2v) is 8.29. The molecule has 4 aliphatic rings. The van der Waals surface area contributed by atoms with Gasteiger partial charge in [0.25, 0.3) is 0 Å². The zero-order chi connectivity index (χ0) is 16.5. The second-order valence-electron chi connectivity index (χ2n) is 8.29. The van der Waals surface area contributed by atoms with Gasteiger partial charge in [-0.1, -0.05) is 0 Å². The van der Waals surface area contributed by atoms with Gasteiger partial charge in [0, 0.05) is 50.3 Å². The molecule has 3 saturated heterocycles. The molecule has 4 fully saturated rings. The van der Waals surface area contributed by atoms with E-state index in [9.17, 15) is 0 Å². The predicted molar refractivity (Wildman–Crippen MR) is 93.2 cm³/mol. The monoisotopic (exact) mass is 338 g/mol. The summed E-state index contributed by atoms with van der Waals surface area (Å²) in [6.45, 7) is 8.37. The summed E-state index contributed by atoms with van der Waals surface area (Å²) >= 11 is 0. The number of nitrogens with one attached hydrogen (secondary N) is 3.